The fourth-order valence-corrected chi connectivity index (χ4v) is 3.37. The Kier molecular flexibility index (Phi) is 7.20. The van der Waals surface area contributed by atoms with Gasteiger partial charge in [0, 0.05) is 5.02 Å². The molecule has 3 nitrogen and oxygen atoms in total. The largest absolute Gasteiger partial charge is 0.469 e. The summed E-state index contributed by atoms with van der Waals surface area (Å²) in [5.41, 5.74) is 1.14. The summed E-state index contributed by atoms with van der Waals surface area (Å²) in [6, 6.07) is 7.84. The molecular weight excluding hydrogens is 298 g/mol. The highest BCUT2D eigenvalue weighted by atomic mass is 35.5. The van der Waals surface area contributed by atoms with Crippen LogP contribution >= 0.6 is 11.6 Å². The molecule has 0 spiro atoms. The summed E-state index contributed by atoms with van der Waals surface area (Å²) in [4.78, 5) is 14.2. The predicted molar refractivity (Wildman–Crippen MR) is 90.4 cm³/mol. The molecule has 1 aromatic carbocycles. The number of piperidine rings is 1. The summed E-state index contributed by atoms with van der Waals surface area (Å²) < 4.78 is 4.85. The van der Waals surface area contributed by atoms with Gasteiger partial charge in [-0.1, -0.05) is 30.2 Å². The predicted octanol–water partition coefficient (Wildman–Crippen LogP) is 4.25. The Hall–Kier alpha value is -1.06. The second-order valence-electron chi connectivity index (χ2n) is 6.08. The van der Waals surface area contributed by atoms with Gasteiger partial charge in [-0.15, -0.1) is 0 Å². The first-order valence-electron chi connectivity index (χ1n) is 8.23. The second-order valence-corrected chi connectivity index (χ2v) is 6.51. The lowest BCUT2D eigenvalue weighted by Crippen LogP contribution is -2.30. The van der Waals surface area contributed by atoms with E-state index in [4.69, 9.17) is 16.3 Å². The maximum Gasteiger partial charge on any atom is 0.306 e. The van der Waals surface area contributed by atoms with Crippen molar-refractivity contribution >= 4 is 17.6 Å². The van der Waals surface area contributed by atoms with E-state index in [9.17, 15) is 4.79 Å². The van der Waals surface area contributed by atoms with E-state index in [0.717, 1.165) is 30.0 Å². The molecule has 0 saturated carbocycles. The molecule has 0 bridgehead atoms. The number of rotatable bonds is 7. The molecular formula is C18H26ClNO2. The van der Waals surface area contributed by atoms with Crippen LogP contribution in [0.1, 0.15) is 50.0 Å². The van der Waals surface area contributed by atoms with Crippen LogP contribution in [0.2, 0.25) is 5.02 Å². The van der Waals surface area contributed by atoms with Crippen molar-refractivity contribution in [2.75, 3.05) is 26.7 Å². The lowest BCUT2D eigenvalue weighted by molar-refractivity contribution is -0.141. The summed E-state index contributed by atoms with van der Waals surface area (Å²) in [6.07, 6.45) is 6.53. The van der Waals surface area contributed by atoms with Crippen molar-refractivity contribution in [2.24, 2.45) is 0 Å². The van der Waals surface area contributed by atoms with Crippen LogP contribution in [-0.2, 0) is 9.53 Å². The average molecular weight is 324 g/mol. The summed E-state index contributed by atoms with van der Waals surface area (Å²) >= 11 is 6.09. The lowest BCUT2D eigenvalue weighted by atomic mass is 9.91. The summed E-state index contributed by atoms with van der Waals surface area (Å²) in [5, 5.41) is 0.725. The molecule has 1 fully saturated rings. The highest BCUT2D eigenvalue weighted by Gasteiger charge is 2.18. The third-order valence-electron chi connectivity index (χ3n) is 4.44. The number of carbonyl (C=O) groups excluding carboxylic acids is 1. The third-order valence-corrected chi connectivity index (χ3v) is 4.67. The molecule has 0 aromatic heterocycles. The molecule has 1 unspecified atom stereocenters. The molecule has 0 N–H and O–H groups in total. The minimum atomic E-state index is -0.150. The molecule has 1 aliphatic rings. The van der Waals surface area contributed by atoms with Crippen molar-refractivity contribution in [3.63, 3.8) is 0 Å². The number of methoxy groups -OCH3 is 1. The Morgan fingerprint density at radius 2 is 2.09 bits per heavy atom. The Balaban J connectivity index is 1.90. The van der Waals surface area contributed by atoms with Gasteiger partial charge in [0.05, 0.1) is 13.5 Å². The summed E-state index contributed by atoms with van der Waals surface area (Å²) in [6.45, 7) is 3.57. The first-order chi connectivity index (χ1) is 10.7. The van der Waals surface area contributed by atoms with E-state index < -0.39 is 0 Å². The standard InChI is InChI=1S/C18H26ClNO2/c1-22-18(21)14-16(15-7-5-9-17(19)13-15)8-6-12-20-10-3-2-4-11-20/h5,7,9,13,16H,2-4,6,8,10-12,14H2,1H3. The summed E-state index contributed by atoms with van der Waals surface area (Å²) in [5.74, 6) is 0.0406. The second kappa shape index (κ2) is 9.16. The average Bonchev–Trinajstić information content (AvgIpc) is 2.54. The molecule has 1 atom stereocenters. The molecule has 1 aromatic rings. The number of hydrogen-bond acceptors (Lipinski definition) is 3. The van der Waals surface area contributed by atoms with E-state index in [1.807, 2.05) is 18.2 Å². The molecule has 1 aliphatic heterocycles. The van der Waals surface area contributed by atoms with Gasteiger partial charge in [-0.05, 0) is 68.9 Å². The van der Waals surface area contributed by atoms with Crippen molar-refractivity contribution < 1.29 is 9.53 Å². The Morgan fingerprint density at radius 1 is 1.32 bits per heavy atom. The highest BCUT2D eigenvalue weighted by Crippen LogP contribution is 2.28. The normalized spacial score (nSPS) is 17.2. The van der Waals surface area contributed by atoms with Gasteiger partial charge in [0.15, 0.2) is 0 Å². The molecule has 22 heavy (non-hydrogen) atoms. The number of hydrogen-bond donors (Lipinski definition) is 0. The third kappa shape index (κ3) is 5.62. The summed E-state index contributed by atoms with van der Waals surface area (Å²) in [7, 11) is 1.45. The van der Waals surface area contributed by atoms with E-state index >= 15 is 0 Å². The maximum atomic E-state index is 11.7. The van der Waals surface area contributed by atoms with Gasteiger partial charge < -0.3 is 9.64 Å². The van der Waals surface area contributed by atoms with Crippen LogP contribution in [0.4, 0.5) is 0 Å². The maximum absolute atomic E-state index is 11.7. The van der Waals surface area contributed by atoms with E-state index in [2.05, 4.69) is 11.0 Å². The molecule has 122 valence electrons. The number of esters is 1. The molecule has 1 heterocycles. The zero-order valence-corrected chi connectivity index (χ0v) is 14.1. The van der Waals surface area contributed by atoms with Crippen LogP contribution in [0.3, 0.4) is 0 Å². The van der Waals surface area contributed by atoms with Gasteiger partial charge in [0.1, 0.15) is 0 Å². The first-order valence-corrected chi connectivity index (χ1v) is 8.61. The van der Waals surface area contributed by atoms with E-state index in [1.54, 1.807) is 0 Å². The van der Waals surface area contributed by atoms with Crippen LogP contribution in [0.5, 0.6) is 0 Å². The molecule has 1 saturated heterocycles. The van der Waals surface area contributed by atoms with Crippen LogP contribution in [-0.4, -0.2) is 37.6 Å². The van der Waals surface area contributed by atoms with E-state index in [0.29, 0.717) is 6.42 Å². The Morgan fingerprint density at radius 3 is 2.77 bits per heavy atom. The fourth-order valence-electron chi connectivity index (χ4n) is 3.18. The van der Waals surface area contributed by atoms with Crippen molar-refractivity contribution in [1.82, 2.24) is 4.90 Å². The number of likely N-dealkylation sites (tertiary alicyclic amines) is 1. The fraction of sp³-hybridized carbons (Fsp3) is 0.611. The Bertz CT molecular complexity index is 472. The van der Waals surface area contributed by atoms with Gasteiger partial charge in [-0.2, -0.15) is 0 Å². The number of benzene rings is 1. The van der Waals surface area contributed by atoms with Gasteiger partial charge in [-0.25, -0.2) is 0 Å². The minimum Gasteiger partial charge on any atom is -0.469 e. The highest BCUT2D eigenvalue weighted by molar-refractivity contribution is 6.30. The van der Waals surface area contributed by atoms with Crippen molar-refractivity contribution in [1.29, 1.82) is 0 Å². The van der Waals surface area contributed by atoms with Gasteiger partial charge in [0.2, 0.25) is 0 Å². The lowest BCUT2D eigenvalue weighted by Gasteiger charge is -2.27. The molecule has 0 amide bonds. The smallest absolute Gasteiger partial charge is 0.306 e. The molecule has 0 radical (unpaired) electrons. The van der Waals surface area contributed by atoms with Crippen molar-refractivity contribution in [2.45, 2.75) is 44.4 Å². The minimum absolute atomic E-state index is 0.150. The number of ether oxygens (including phenoxy) is 1. The van der Waals surface area contributed by atoms with Crippen LogP contribution in [0.15, 0.2) is 24.3 Å². The molecule has 2 rings (SSSR count). The first kappa shape index (κ1) is 17.3. The number of carbonyl (C=O) groups is 1. The Labute approximate surface area is 138 Å². The van der Waals surface area contributed by atoms with E-state index in [1.165, 1.54) is 39.5 Å². The molecule has 4 heteroatoms. The zero-order valence-electron chi connectivity index (χ0n) is 13.4. The van der Waals surface area contributed by atoms with E-state index in [-0.39, 0.29) is 11.9 Å². The number of nitrogens with zero attached hydrogens (tertiary/aromatic N) is 1. The monoisotopic (exact) mass is 323 g/mol. The SMILES string of the molecule is COC(=O)CC(CCCN1CCCCC1)c1cccc(Cl)c1. The van der Waals surface area contributed by atoms with Crippen LogP contribution in [0, 0.1) is 0 Å². The topological polar surface area (TPSA) is 29.5 Å². The number of halogens is 1. The van der Waals surface area contributed by atoms with Crippen LogP contribution in [0.25, 0.3) is 0 Å². The van der Waals surface area contributed by atoms with Crippen LogP contribution < -0.4 is 0 Å². The van der Waals surface area contributed by atoms with Crippen molar-refractivity contribution in [3.05, 3.63) is 34.9 Å². The quantitative estimate of drug-likeness (QED) is 0.702. The van der Waals surface area contributed by atoms with Gasteiger partial charge >= 0.3 is 5.97 Å². The van der Waals surface area contributed by atoms with Crippen molar-refractivity contribution in [3.8, 4) is 0 Å². The van der Waals surface area contributed by atoms with Gasteiger partial charge in [0.25, 0.3) is 0 Å². The molecule has 0 aliphatic carbocycles. The zero-order chi connectivity index (χ0) is 15.8. The van der Waals surface area contributed by atoms with Gasteiger partial charge in [-0.3, -0.25) is 4.79 Å².